The number of hydrogen-bond donors (Lipinski definition) is 0. The third kappa shape index (κ3) is 4.07. The Morgan fingerprint density at radius 1 is 1.16 bits per heavy atom. The van der Waals surface area contributed by atoms with Gasteiger partial charge in [-0.2, -0.15) is 0 Å². The van der Waals surface area contributed by atoms with Gasteiger partial charge in [0.25, 0.3) is 0 Å². The fourth-order valence-electron chi connectivity index (χ4n) is 1.88. The molecule has 1 heterocycles. The van der Waals surface area contributed by atoms with Crippen LogP contribution in [0.4, 0.5) is 5.82 Å². The van der Waals surface area contributed by atoms with Crippen LogP contribution in [-0.2, 0) is 5.41 Å². The van der Waals surface area contributed by atoms with Crippen molar-refractivity contribution in [3.63, 3.8) is 0 Å². The van der Waals surface area contributed by atoms with Gasteiger partial charge in [-0.3, -0.25) is 0 Å². The van der Waals surface area contributed by atoms with Crippen LogP contribution >= 0.6 is 11.6 Å². The average molecular weight is 284 g/mol. The van der Waals surface area contributed by atoms with E-state index in [1.807, 2.05) is 6.92 Å². The molecule has 1 aromatic rings. The Kier molecular flexibility index (Phi) is 5.60. The molecule has 0 fully saturated rings. The van der Waals surface area contributed by atoms with Gasteiger partial charge in [0, 0.05) is 24.1 Å². The van der Waals surface area contributed by atoms with Crippen LogP contribution in [0.5, 0.6) is 0 Å². The number of hydrogen-bond acceptors (Lipinski definition) is 3. The molecule has 108 valence electrons. The molecule has 0 unspecified atom stereocenters. The van der Waals surface area contributed by atoms with Gasteiger partial charge in [-0.15, -0.1) is 0 Å². The SMILES string of the molecule is CCCCN(CC)c1nc(C(C)(C)C)nc(Cl)c1C. The highest BCUT2D eigenvalue weighted by molar-refractivity contribution is 6.30. The summed E-state index contributed by atoms with van der Waals surface area (Å²) in [5.41, 5.74) is 0.892. The number of nitrogens with zero attached hydrogens (tertiary/aromatic N) is 3. The highest BCUT2D eigenvalue weighted by Gasteiger charge is 2.22. The minimum atomic E-state index is -0.0870. The van der Waals surface area contributed by atoms with Crippen LogP contribution < -0.4 is 4.90 Å². The van der Waals surface area contributed by atoms with Crippen molar-refractivity contribution in [2.24, 2.45) is 0 Å². The molecule has 0 atom stereocenters. The van der Waals surface area contributed by atoms with Crippen molar-refractivity contribution < 1.29 is 0 Å². The molecule has 0 radical (unpaired) electrons. The monoisotopic (exact) mass is 283 g/mol. The molecule has 19 heavy (non-hydrogen) atoms. The second-order valence-electron chi connectivity index (χ2n) is 5.97. The number of halogens is 1. The number of unbranched alkanes of at least 4 members (excludes halogenated alkanes) is 1. The molecule has 1 aromatic heterocycles. The second-order valence-corrected chi connectivity index (χ2v) is 6.33. The average Bonchev–Trinajstić information content (AvgIpc) is 2.33. The minimum absolute atomic E-state index is 0.0870. The maximum Gasteiger partial charge on any atom is 0.137 e. The summed E-state index contributed by atoms with van der Waals surface area (Å²) in [5, 5.41) is 0.574. The Balaban J connectivity index is 3.20. The predicted octanol–water partition coefficient (Wildman–Crippen LogP) is 4.36. The quantitative estimate of drug-likeness (QED) is 0.752. The fraction of sp³-hybridized carbons (Fsp3) is 0.733. The van der Waals surface area contributed by atoms with E-state index in [-0.39, 0.29) is 5.41 Å². The molecule has 4 heteroatoms. The van der Waals surface area contributed by atoms with E-state index in [0.29, 0.717) is 5.15 Å². The van der Waals surface area contributed by atoms with Crippen LogP contribution in [0.3, 0.4) is 0 Å². The van der Waals surface area contributed by atoms with E-state index >= 15 is 0 Å². The van der Waals surface area contributed by atoms with E-state index in [4.69, 9.17) is 16.6 Å². The third-order valence-corrected chi connectivity index (χ3v) is 3.56. The number of anilines is 1. The fourth-order valence-corrected chi connectivity index (χ4v) is 2.05. The summed E-state index contributed by atoms with van der Waals surface area (Å²) >= 11 is 6.28. The van der Waals surface area contributed by atoms with E-state index in [0.717, 1.165) is 30.3 Å². The molecule has 1 rings (SSSR count). The highest BCUT2D eigenvalue weighted by Crippen LogP contribution is 2.28. The van der Waals surface area contributed by atoms with Crippen molar-refractivity contribution in [1.82, 2.24) is 9.97 Å². The molecule has 0 saturated carbocycles. The van der Waals surface area contributed by atoms with Crippen LogP contribution in [0.1, 0.15) is 58.8 Å². The maximum atomic E-state index is 6.28. The molecule has 0 aliphatic heterocycles. The predicted molar refractivity (Wildman–Crippen MR) is 83.3 cm³/mol. The third-order valence-electron chi connectivity index (χ3n) is 3.19. The van der Waals surface area contributed by atoms with E-state index in [1.54, 1.807) is 0 Å². The Hall–Kier alpha value is -0.830. The zero-order chi connectivity index (χ0) is 14.6. The van der Waals surface area contributed by atoms with Crippen molar-refractivity contribution in [2.75, 3.05) is 18.0 Å². The number of rotatable bonds is 5. The van der Waals surface area contributed by atoms with Crippen LogP contribution in [0.25, 0.3) is 0 Å². The summed E-state index contributed by atoms with van der Waals surface area (Å²) in [4.78, 5) is 11.5. The molecule has 3 nitrogen and oxygen atoms in total. The summed E-state index contributed by atoms with van der Waals surface area (Å²) in [6.45, 7) is 14.7. The summed E-state index contributed by atoms with van der Waals surface area (Å²) in [6.07, 6.45) is 2.35. The topological polar surface area (TPSA) is 29.0 Å². The molecule has 0 bridgehead atoms. The van der Waals surface area contributed by atoms with Gasteiger partial charge in [0.1, 0.15) is 16.8 Å². The van der Waals surface area contributed by atoms with Crippen molar-refractivity contribution in [1.29, 1.82) is 0 Å². The molecular formula is C15H26ClN3. The number of aromatic nitrogens is 2. The lowest BCUT2D eigenvalue weighted by atomic mass is 9.95. The first-order valence-electron chi connectivity index (χ1n) is 7.10. The molecule has 0 saturated heterocycles. The molecule has 0 aromatic carbocycles. The van der Waals surface area contributed by atoms with Crippen LogP contribution in [0.15, 0.2) is 0 Å². The van der Waals surface area contributed by atoms with Gasteiger partial charge in [0.05, 0.1) is 0 Å². The Labute approximate surface area is 122 Å². The van der Waals surface area contributed by atoms with E-state index in [1.165, 1.54) is 12.8 Å². The molecule has 0 N–H and O–H groups in total. The molecule has 0 amide bonds. The largest absolute Gasteiger partial charge is 0.357 e. The normalized spacial score (nSPS) is 11.7. The van der Waals surface area contributed by atoms with E-state index in [9.17, 15) is 0 Å². The first-order valence-corrected chi connectivity index (χ1v) is 7.48. The lowest BCUT2D eigenvalue weighted by molar-refractivity contribution is 0.542. The minimum Gasteiger partial charge on any atom is -0.357 e. The molecular weight excluding hydrogens is 258 g/mol. The zero-order valence-electron chi connectivity index (χ0n) is 13.0. The summed E-state index contributed by atoms with van der Waals surface area (Å²) < 4.78 is 0. The Morgan fingerprint density at radius 2 is 1.79 bits per heavy atom. The second kappa shape index (κ2) is 6.56. The Bertz CT molecular complexity index is 424. The molecule has 0 aliphatic rings. The Morgan fingerprint density at radius 3 is 2.26 bits per heavy atom. The first kappa shape index (κ1) is 16.2. The zero-order valence-corrected chi connectivity index (χ0v) is 13.8. The van der Waals surface area contributed by atoms with Crippen molar-refractivity contribution in [3.8, 4) is 0 Å². The van der Waals surface area contributed by atoms with Crippen molar-refractivity contribution in [2.45, 2.75) is 59.8 Å². The van der Waals surface area contributed by atoms with Crippen LogP contribution in [0, 0.1) is 6.92 Å². The smallest absolute Gasteiger partial charge is 0.137 e. The maximum absolute atomic E-state index is 6.28. The van der Waals surface area contributed by atoms with Gasteiger partial charge in [-0.05, 0) is 20.3 Å². The molecule has 0 aliphatic carbocycles. The lowest BCUT2D eigenvalue weighted by Gasteiger charge is -2.26. The van der Waals surface area contributed by atoms with Gasteiger partial charge in [0.2, 0.25) is 0 Å². The summed E-state index contributed by atoms with van der Waals surface area (Å²) in [5.74, 6) is 1.80. The van der Waals surface area contributed by atoms with E-state index in [2.05, 4.69) is 44.5 Å². The van der Waals surface area contributed by atoms with Crippen LogP contribution in [0.2, 0.25) is 5.15 Å². The van der Waals surface area contributed by atoms with Gasteiger partial charge in [0.15, 0.2) is 0 Å². The first-order chi connectivity index (χ1) is 8.81. The van der Waals surface area contributed by atoms with E-state index < -0.39 is 0 Å². The summed E-state index contributed by atoms with van der Waals surface area (Å²) in [7, 11) is 0. The van der Waals surface area contributed by atoms with Crippen molar-refractivity contribution >= 4 is 17.4 Å². The van der Waals surface area contributed by atoms with Crippen LogP contribution in [-0.4, -0.2) is 23.1 Å². The molecule has 0 spiro atoms. The van der Waals surface area contributed by atoms with Crippen molar-refractivity contribution in [3.05, 3.63) is 16.5 Å². The standard InChI is InChI=1S/C15H26ClN3/c1-7-9-10-19(8-2)13-11(3)12(16)17-14(18-13)15(4,5)6/h7-10H2,1-6H3. The van der Waals surface area contributed by atoms with Gasteiger partial charge < -0.3 is 4.90 Å². The van der Waals surface area contributed by atoms with Gasteiger partial charge in [-0.1, -0.05) is 45.7 Å². The highest BCUT2D eigenvalue weighted by atomic mass is 35.5. The van der Waals surface area contributed by atoms with Gasteiger partial charge >= 0.3 is 0 Å². The lowest BCUT2D eigenvalue weighted by Crippen LogP contribution is -2.28. The van der Waals surface area contributed by atoms with Gasteiger partial charge in [-0.25, -0.2) is 9.97 Å². The summed E-state index contributed by atoms with van der Waals surface area (Å²) in [6, 6.07) is 0.